The molecule has 1 unspecified atom stereocenters. The van der Waals surface area contributed by atoms with Crippen molar-refractivity contribution in [2.75, 3.05) is 38.2 Å². The zero-order valence-corrected chi connectivity index (χ0v) is 18.9. The zero-order chi connectivity index (χ0) is 23.7. The SMILES string of the molecule is Cc1c(C#N)c2nc3ccccc3n2c(=O)/c1=C\Nc1ccc(C(O)CN2CCOCC2)cc1. The first kappa shape index (κ1) is 22.0. The fraction of sp³-hybridized carbons (Fsp3) is 0.269. The minimum Gasteiger partial charge on any atom is -0.387 e. The van der Waals surface area contributed by atoms with Crippen molar-refractivity contribution in [3.63, 3.8) is 0 Å². The van der Waals surface area contributed by atoms with Crippen molar-refractivity contribution in [2.45, 2.75) is 13.0 Å². The molecule has 0 radical (unpaired) electrons. The second-order valence-electron chi connectivity index (χ2n) is 8.43. The Morgan fingerprint density at radius 3 is 2.68 bits per heavy atom. The molecule has 0 amide bonds. The summed E-state index contributed by atoms with van der Waals surface area (Å²) in [5.41, 5.74) is 4.06. The quantitative estimate of drug-likeness (QED) is 0.474. The molecule has 34 heavy (non-hydrogen) atoms. The smallest absolute Gasteiger partial charge is 0.265 e. The van der Waals surface area contributed by atoms with Crippen LogP contribution in [-0.4, -0.2) is 52.2 Å². The summed E-state index contributed by atoms with van der Waals surface area (Å²) in [6.07, 6.45) is 1.05. The van der Waals surface area contributed by atoms with Crippen LogP contribution < -0.4 is 16.1 Å². The number of nitriles is 1. The Hall–Kier alpha value is -3.77. The maximum atomic E-state index is 13.3. The molecule has 0 bridgehead atoms. The molecule has 4 aromatic rings. The lowest BCUT2D eigenvalue weighted by molar-refractivity contribution is 0.0143. The van der Waals surface area contributed by atoms with Crippen LogP contribution in [0.15, 0.2) is 53.3 Å². The number of anilines is 1. The van der Waals surface area contributed by atoms with Gasteiger partial charge in [0.05, 0.1) is 41.1 Å². The van der Waals surface area contributed by atoms with E-state index in [9.17, 15) is 15.2 Å². The molecule has 0 aliphatic carbocycles. The number of para-hydroxylation sites is 2. The van der Waals surface area contributed by atoms with E-state index < -0.39 is 6.10 Å². The number of β-amino-alcohol motifs (C(OH)–C–C–N with tert-alkyl or cyclic N) is 1. The first-order chi connectivity index (χ1) is 16.6. The number of aliphatic hydroxyl groups is 1. The van der Waals surface area contributed by atoms with E-state index in [1.54, 1.807) is 13.1 Å². The second kappa shape index (κ2) is 9.23. The Balaban J connectivity index is 1.44. The summed E-state index contributed by atoms with van der Waals surface area (Å²) in [6, 6.07) is 17.0. The molecular weight excluding hydrogens is 430 g/mol. The van der Waals surface area contributed by atoms with Gasteiger partial charge in [0.15, 0.2) is 5.65 Å². The van der Waals surface area contributed by atoms with Crippen LogP contribution in [0.3, 0.4) is 0 Å². The maximum absolute atomic E-state index is 13.3. The highest BCUT2D eigenvalue weighted by Gasteiger charge is 2.17. The van der Waals surface area contributed by atoms with Gasteiger partial charge in [0.1, 0.15) is 6.07 Å². The average molecular weight is 456 g/mol. The van der Waals surface area contributed by atoms with Crippen LogP contribution in [0.1, 0.15) is 22.8 Å². The lowest BCUT2D eigenvalue weighted by atomic mass is 10.1. The average Bonchev–Trinajstić information content (AvgIpc) is 3.24. The molecule has 2 aromatic carbocycles. The Morgan fingerprint density at radius 1 is 1.21 bits per heavy atom. The normalized spacial score (nSPS) is 16.1. The van der Waals surface area contributed by atoms with Crippen LogP contribution in [0.2, 0.25) is 0 Å². The topological polar surface area (TPSA) is 103 Å². The number of pyridine rings is 1. The van der Waals surface area contributed by atoms with Crippen molar-refractivity contribution < 1.29 is 9.84 Å². The molecule has 172 valence electrons. The van der Waals surface area contributed by atoms with E-state index in [1.807, 2.05) is 48.5 Å². The minimum atomic E-state index is -0.582. The van der Waals surface area contributed by atoms with Gasteiger partial charge >= 0.3 is 0 Å². The molecule has 2 N–H and O–H groups in total. The monoisotopic (exact) mass is 455 g/mol. The van der Waals surface area contributed by atoms with Crippen LogP contribution in [0.4, 0.5) is 5.69 Å². The Morgan fingerprint density at radius 2 is 1.94 bits per heavy atom. The lowest BCUT2D eigenvalue weighted by Crippen LogP contribution is -2.38. The molecule has 1 saturated heterocycles. The molecule has 1 atom stereocenters. The highest BCUT2D eigenvalue weighted by molar-refractivity contribution is 5.82. The van der Waals surface area contributed by atoms with Crippen LogP contribution in [-0.2, 0) is 4.74 Å². The Kier molecular flexibility index (Phi) is 5.99. The standard InChI is InChI=1S/C26H25N5O3/c1-17-20(14-27)25-29-22-4-2-3-5-23(22)31(25)26(33)21(17)15-28-19-8-6-18(7-9-19)24(32)16-30-10-12-34-13-11-30/h2-9,15,24,28,32H,10-13,16H2,1H3/b21-15-. The van der Waals surface area contributed by atoms with E-state index in [1.165, 1.54) is 4.40 Å². The summed E-state index contributed by atoms with van der Waals surface area (Å²) in [5.74, 6) is 0. The molecule has 0 spiro atoms. The summed E-state index contributed by atoms with van der Waals surface area (Å²) >= 11 is 0. The first-order valence-corrected chi connectivity index (χ1v) is 11.3. The third-order valence-corrected chi connectivity index (χ3v) is 6.32. The number of nitrogens with zero attached hydrogens (tertiary/aromatic N) is 4. The molecule has 3 heterocycles. The van der Waals surface area contributed by atoms with Gasteiger partial charge in [-0.15, -0.1) is 0 Å². The van der Waals surface area contributed by atoms with Crippen molar-refractivity contribution in [1.29, 1.82) is 5.26 Å². The number of nitrogens with one attached hydrogen (secondary N) is 1. The molecule has 1 aliphatic heterocycles. The minimum absolute atomic E-state index is 0.231. The van der Waals surface area contributed by atoms with E-state index in [0.717, 1.165) is 24.3 Å². The van der Waals surface area contributed by atoms with Gasteiger partial charge in [-0.1, -0.05) is 24.3 Å². The number of fused-ring (bicyclic) bond motifs is 3. The summed E-state index contributed by atoms with van der Waals surface area (Å²) in [4.78, 5) is 20.0. The van der Waals surface area contributed by atoms with Crippen LogP contribution >= 0.6 is 0 Å². The van der Waals surface area contributed by atoms with Crippen molar-refractivity contribution in [3.05, 3.63) is 80.8 Å². The van der Waals surface area contributed by atoms with Gasteiger partial charge in [0.25, 0.3) is 5.56 Å². The number of imidazole rings is 1. The first-order valence-electron chi connectivity index (χ1n) is 11.3. The highest BCUT2D eigenvalue weighted by Crippen LogP contribution is 2.19. The number of aliphatic hydroxyl groups excluding tert-OH is 1. The Bertz CT molecular complexity index is 1500. The largest absolute Gasteiger partial charge is 0.387 e. The molecule has 2 aromatic heterocycles. The number of morpholine rings is 1. The van der Waals surface area contributed by atoms with Crippen molar-refractivity contribution >= 4 is 28.6 Å². The van der Waals surface area contributed by atoms with Crippen molar-refractivity contribution in [2.24, 2.45) is 0 Å². The molecule has 1 fully saturated rings. The van der Waals surface area contributed by atoms with Crippen molar-refractivity contribution in [1.82, 2.24) is 14.3 Å². The third kappa shape index (κ3) is 4.01. The molecular formula is C26H25N5O3. The predicted molar refractivity (Wildman–Crippen MR) is 130 cm³/mol. The van der Waals surface area contributed by atoms with Gasteiger partial charge in [-0.3, -0.25) is 14.1 Å². The van der Waals surface area contributed by atoms with Gasteiger partial charge in [0, 0.05) is 31.5 Å². The third-order valence-electron chi connectivity index (χ3n) is 6.32. The molecule has 8 heteroatoms. The highest BCUT2D eigenvalue weighted by atomic mass is 16.5. The van der Waals surface area contributed by atoms with Gasteiger partial charge in [-0.25, -0.2) is 4.98 Å². The van der Waals surface area contributed by atoms with E-state index in [0.29, 0.717) is 52.8 Å². The second-order valence-corrected chi connectivity index (χ2v) is 8.43. The molecule has 1 aliphatic rings. The van der Waals surface area contributed by atoms with E-state index in [4.69, 9.17) is 4.74 Å². The number of rotatable bonds is 5. The van der Waals surface area contributed by atoms with Gasteiger partial charge in [0.2, 0.25) is 0 Å². The van der Waals surface area contributed by atoms with Gasteiger partial charge in [-0.05, 0) is 42.3 Å². The van der Waals surface area contributed by atoms with E-state index >= 15 is 0 Å². The van der Waals surface area contributed by atoms with E-state index in [2.05, 4.69) is 21.3 Å². The van der Waals surface area contributed by atoms with Gasteiger partial charge < -0.3 is 15.2 Å². The number of aromatic nitrogens is 2. The number of benzene rings is 2. The summed E-state index contributed by atoms with van der Waals surface area (Å²) in [6.45, 7) is 5.36. The predicted octanol–water partition coefficient (Wildman–Crippen LogP) is 1.96. The number of hydrogen-bond donors (Lipinski definition) is 2. The summed E-state index contributed by atoms with van der Waals surface area (Å²) in [7, 11) is 0. The Labute approximate surface area is 196 Å². The number of hydrogen-bond acceptors (Lipinski definition) is 7. The lowest BCUT2D eigenvalue weighted by Gasteiger charge is -2.28. The van der Waals surface area contributed by atoms with Crippen LogP contribution in [0.5, 0.6) is 0 Å². The fourth-order valence-corrected chi connectivity index (χ4v) is 4.38. The van der Waals surface area contributed by atoms with Crippen LogP contribution in [0.25, 0.3) is 22.9 Å². The number of ether oxygens (including phenoxy) is 1. The molecule has 5 rings (SSSR count). The van der Waals surface area contributed by atoms with E-state index in [-0.39, 0.29) is 5.56 Å². The fourth-order valence-electron chi connectivity index (χ4n) is 4.38. The van der Waals surface area contributed by atoms with Crippen molar-refractivity contribution in [3.8, 4) is 6.07 Å². The summed E-state index contributed by atoms with van der Waals surface area (Å²) < 4.78 is 6.86. The maximum Gasteiger partial charge on any atom is 0.265 e. The molecule has 0 saturated carbocycles. The molecule has 8 nitrogen and oxygen atoms in total. The van der Waals surface area contributed by atoms with Gasteiger partial charge in [-0.2, -0.15) is 5.26 Å². The zero-order valence-electron chi connectivity index (χ0n) is 18.9. The summed E-state index contributed by atoms with van der Waals surface area (Å²) in [5, 5.41) is 23.9. The van der Waals surface area contributed by atoms with Crippen LogP contribution in [0, 0.1) is 18.3 Å².